The SMILES string of the molecule is OC[C@H]1CCCN1c1ncnc2cc(Cl)ccc12. The zero-order valence-corrected chi connectivity index (χ0v) is 10.6. The number of aliphatic hydroxyl groups excluding tert-OH is 1. The number of aromatic nitrogens is 2. The molecular formula is C13H14ClN3O. The van der Waals surface area contributed by atoms with Crippen LogP contribution >= 0.6 is 11.6 Å². The predicted octanol–water partition coefficient (Wildman–Crippen LogP) is 2.24. The number of nitrogens with zero attached hydrogens (tertiary/aromatic N) is 3. The van der Waals surface area contributed by atoms with Crippen LogP contribution in [-0.2, 0) is 0 Å². The molecule has 0 bridgehead atoms. The molecule has 2 heterocycles. The molecule has 1 fully saturated rings. The third-order valence-corrected chi connectivity index (χ3v) is 3.67. The Morgan fingerprint density at radius 1 is 1.39 bits per heavy atom. The Bertz CT molecular complexity index is 575. The van der Waals surface area contributed by atoms with E-state index >= 15 is 0 Å². The molecule has 1 aromatic carbocycles. The van der Waals surface area contributed by atoms with E-state index in [4.69, 9.17) is 11.6 Å². The third kappa shape index (κ3) is 1.91. The van der Waals surface area contributed by atoms with Crippen molar-refractivity contribution in [3.8, 4) is 0 Å². The van der Waals surface area contributed by atoms with Crippen LogP contribution in [0, 0.1) is 0 Å². The number of rotatable bonds is 2. The van der Waals surface area contributed by atoms with E-state index in [1.807, 2.05) is 18.2 Å². The Balaban J connectivity index is 2.11. The van der Waals surface area contributed by atoms with Crippen LogP contribution in [0.5, 0.6) is 0 Å². The summed E-state index contributed by atoms with van der Waals surface area (Å²) in [6, 6.07) is 5.80. The van der Waals surface area contributed by atoms with Gasteiger partial charge in [-0.15, -0.1) is 0 Å². The molecule has 5 heteroatoms. The summed E-state index contributed by atoms with van der Waals surface area (Å²) in [4.78, 5) is 10.8. The molecular weight excluding hydrogens is 250 g/mol. The van der Waals surface area contributed by atoms with Crippen molar-refractivity contribution >= 4 is 28.3 Å². The summed E-state index contributed by atoms with van der Waals surface area (Å²) in [6.45, 7) is 1.10. The van der Waals surface area contributed by atoms with Crippen LogP contribution in [-0.4, -0.2) is 34.3 Å². The Morgan fingerprint density at radius 3 is 3.11 bits per heavy atom. The molecule has 0 radical (unpaired) electrons. The van der Waals surface area contributed by atoms with E-state index in [2.05, 4.69) is 14.9 Å². The number of fused-ring (bicyclic) bond motifs is 1. The average molecular weight is 264 g/mol. The van der Waals surface area contributed by atoms with Crippen LogP contribution in [0.3, 0.4) is 0 Å². The van der Waals surface area contributed by atoms with Crippen LogP contribution in [0.4, 0.5) is 5.82 Å². The molecule has 94 valence electrons. The molecule has 0 unspecified atom stereocenters. The summed E-state index contributed by atoms with van der Waals surface area (Å²) in [5.74, 6) is 0.896. The topological polar surface area (TPSA) is 49.2 Å². The zero-order valence-electron chi connectivity index (χ0n) is 9.88. The number of anilines is 1. The molecule has 1 atom stereocenters. The highest BCUT2D eigenvalue weighted by atomic mass is 35.5. The summed E-state index contributed by atoms with van der Waals surface area (Å²) in [5.41, 5.74) is 0.844. The first-order valence-electron chi connectivity index (χ1n) is 6.07. The van der Waals surface area contributed by atoms with Gasteiger partial charge in [0.1, 0.15) is 12.1 Å². The summed E-state index contributed by atoms with van der Waals surface area (Å²) in [7, 11) is 0. The highest BCUT2D eigenvalue weighted by Crippen LogP contribution is 2.30. The Labute approximate surface area is 110 Å². The molecule has 0 amide bonds. The van der Waals surface area contributed by atoms with Gasteiger partial charge in [-0.2, -0.15) is 0 Å². The van der Waals surface area contributed by atoms with Crippen molar-refractivity contribution in [1.82, 2.24) is 9.97 Å². The van der Waals surface area contributed by atoms with Gasteiger partial charge < -0.3 is 10.0 Å². The monoisotopic (exact) mass is 263 g/mol. The number of aliphatic hydroxyl groups is 1. The molecule has 1 aliphatic heterocycles. The Kier molecular flexibility index (Phi) is 3.06. The van der Waals surface area contributed by atoms with Crippen LogP contribution in [0.15, 0.2) is 24.5 Å². The van der Waals surface area contributed by atoms with Gasteiger partial charge in [0, 0.05) is 17.0 Å². The number of halogens is 1. The summed E-state index contributed by atoms with van der Waals surface area (Å²) < 4.78 is 0. The summed E-state index contributed by atoms with van der Waals surface area (Å²) in [5, 5.41) is 11.1. The molecule has 0 spiro atoms. The predicted molar refractivity (Wildman–Crippen MR) is 72.0 cm³/mol. The number of hydrogen-bond donors (Lipinski definition) is 1. The van der Waals surface area contributed by atoms with Crippen molar-refractivity contribution < 1.29 is 5.11 Å². The molecule has 4 nitrogen and oxygen atoms in total. The highest BCUT2D eigenvalue weighted by molar-refractivity contribution is 6.31. The first-order valence-corrected chi connectivity index (χ1v) is 6.45. The van der Waals surface area contributed by atoms with Crippen molar-refractivity contribution in [3.63, 3.8) is 0 Å². The maximum Gasteiger partial charge on any atom is 0.140 e. The minimum Gasteiger partial charge on any atom is -0.394 e. The quantitative estimate of drug-likeness (QED) is 0.903. The first kappa shape index (κ1) is 11.7. The lowest BCUT2D eigenvalue weighted by Gasteiger charge is -2.25. The van der Waals surface area contributed by atoms with E-state index in [1.54, 1.807) is 6.33 Å². The molecule has 2 aromatic rings. The summed E-state index contributed by atoms with van der Waals surface area (Å²) in [6.07, 6.45) is 3.65. The second kappa shape index (κ2) is 4.71. The summed E-state index contributed by atoms with van der Waals surface area (Å²) >= 11 is 5.97. The lowest BCUT2D eigenvalue weighted by molar-refractivity contribution is 0.266. The van der Waals surface area contributed by atoms with Gasteiger partial charge in [-0.3, -0.25) is 0 Å². The van der Waals surface area contributed by atoms with Crippen molar-refractivity contribution in [2.24, 2.45) is 0 Å². The molecule has 3 rings (SSSR count). The third-order valence-electron chi connectivity index (χ3n) is 3.44. The second-order valence-electron chi connectivity index (χ2n) is 4.53. The van der Waals surface area contributed by atoms with E-state index in [0.717, 1.165) is 36.1 Å². The average Bonchev–Trinajstić information content (AvgIpc) is 2.85. The Morgan fingerprint density at radius 2 is 2.28 bits per heavy atom. The van der Waals surface area contributed by atoms with Gasteiger partial charge in [-0.25, -0.2) is 9.97 Å². The molecule has 1 N–H and O–H groups in total. The standard InChI is InChI=1S/C13H14ClN3O/c14-9-3-4-11-12(6-9)15-8-16-13(11)17-5-1-2-10(17)7-18/h3-4,6,8,10,18H,1-2,5,7H2/t10-/m1/s1. The second-order valence-corrected chi connectivity index (χ2v) is 4.97. The van der Waals surface area contributed by atoms with Crippen LogP contribution in [0.25, 0.3) is 10.9 Å². The fourth-order valence-electron chi connectivity index (χ4n) is 2.55. The van der Waals surface area contributed by atoms with E-state index in [1.165, 1.54) is 0 Å². The van der Waals surface area contributed by atoms with Crippen LogP contribution < -0.4 is 4.90 Å². The van der Waals surface area contributed by atoms with Crippen LogP contribution in [0.1, 0.15) is 12.8 Å². The maximum absolute atomic E-state index is 9.41. The van der Waals surface area contributed by atoms with E-state index < -0.39 is 0 Å². The van der Waals surface area contributed by atoms with Gasteiger partial charge in [0.25, 0.3) is 0 Å². The van der Waals surface area contributed by atoms with E-state index in [-0.39, 0.29) is 12.6 Å². The fourth-order valence-corrected chi connectivity index (χ4v) is 2.72. The van der Waals surface area contributed by atoms with Gasteiger partial charge in [-0.1, -0.05) is 11.6 Å². The minimum atomic E-state index is 0.166. The van der Waals surface area contributed by atoms with Crippen LogP contribution in [0.2, 0.25) is 5.02 Å². The number of hydrogen-bond acceptors (Lipinski definition) is 4. The smallest absolute Gasteiger partial charge is 0.140 e. The molecule has 18 heavy (non-hydrogen) atoms. The zero-order chi connectivity index (χ0) is 12.5. The lowest BCUT2D eigenvalue weighted by atomic mass is 10.2. The lowest BCUT2D eigenvalue weighted by Crippen LogP contribution is -2.32. The van der Waals surface area contributed by atoms with Gasteiger partial charge in [0.05, 0.1) is 18.2 Å². The molecule has 0 aliphatic carbocycles. The van der Waals surface area contributed by atoms with Crippen molar-refractivity contribution in [1.29, 1.82) is 0 Å². The normalized spacial score (nSPS) is 19.7. The molecule has 1 aliphatic rings. The van der Waals surface area contributed by atoms with E-state index in [0.29, 0.717) is 5.02 Å². The molecule has 1 saturated heterocycles. The highest BCUT2D eigenvalue weighted by Gasteiger charge is 2.26. The first-order chi connectivity index (χ1) is 8.79. The van der Waals surface area contributed by atoms with Gasteiger partial charge in [0.2, 0.25) is 0 Å². The van der Waals surface area contributed by atoms with Crippen molar-refractivity contribution in [2.75, 3.05) is 18.1 Å². The van der Waals surface area contributed by atoms with Gasteiger partial charge in [-0.05, 0) is 31.0 Å². The number of benzene rings is 1. The molecule has 1 aromatic heterocycles. The van der Waals surface area contributed by atoms with Gasteiger partial charge in [0.15, 0.2) is 0 Å². The minimum absolute atomic E-state index is 0.166. The Hall–Kier alpha value is -1.39. The van der Waals surface area contributed by atoms with Crippen molar-refractivity contribution in [3.05, 3.63) is 29.5 Å². The van der Waals surface area contributed by atoms with E-state index in [9.17, 15) is 5.11 Å². The maximum atomic E-state index is 9.41. The van der Waals surface area contributed by atoms with Crippen molar-refractivity contribution in [2.45, 2.75) is 18.9 Å². The largest absolute Gasteiger partial charge is 0.394 e. The van der Waals surface area contributed by atoms with Gasteiger partial charge >= 0.3 is 0 Å². The fraction of sp³-hybridized carbons (Fsp3) is 0.385. The molecule has 0 saturated carbocycles.